The lowest BCUT2D eigenvalue weighted by molar-refractivity contribution is 0.415. The first-order valence-corrected chi connectivity index (χ1v) is 8.03. The highest BCUT2D eigenvalue weighted by Gasteiger charge is 2.17. The van der Waals surface area contributed by atoms with Crippen LogP contribution in [-0.2, 0) is 6.54 Å². The summed E-state index contributed by atoms with van der Waals surface area (Å²) in [5.74, 6) is 0.995. The van der Waals surface area contributed by atoms with Gasteiger partial charge in [-0.2, -0.15) is 0 Å². The molecule has 0 spiro atoms. The van der Waals surface area contributed by atoms with E-state index in [0.29, 0.717) is 11.7 Å². The number of nitrogens with one attached hydrogen (secondary N) is 1. The summed E-state index contributed by atoms with van der Waals surface area (Å²) in [6, 6.07) is 15.0. The van der Waals surface area contributed by atoms with Gasteiger partial charge in [-0.05, 0) is 36.8 Å². The van der Waals surface area contributed by atoms with Gasteiger partial charge in [0.25, 0.3) is 0 Å². The molecule has 0 aromatic heterocycles. The van der Waals surface area contributed by atoms with Crippen molar-refractivity contribution in [2.75, 3.05) is 18.6 Å². The summed E-state index contributed by atoms with van der Waals surface area (Å²) in [5.41, 5.74) is 1.67. The van der Waals surface area contributed by atoms with Gasteiger partial charge in [-0.3, -0.25) is 0 Å². The normalized spacial score (nSPS) is 10.2. The highest BCUT2D eigenvalue weighted by Crippen LogP contribution is 2.30. The van der Waals surface area contributed by atoms with Crippen LogP contribution >= 0.6 is 12.2 Å². The van der Waals surface area contributed by atoms with E-state index in [9.17, 15) is 5.11 Å². The molecule has 0 bridgehead atoms. The Morgan fingerprint density at radius 3 is 2.57 bits per heavy atom. The molecule has 0 radical (unpaired) electrons. The topological polar surface area (TPSA) is 44.7 Å². The summed E-state index contributed by atoms with van der Waals surface area (Å²) in [6.07, 6.45) is 0.983. The summed E-state index contributed by atoms with van der Waals surface area (Å²) in [6.45, 7) is 3.35. The Kier molecular flexibility index (Phi) is 6.23. The molecule has 5 heteroatoms. The summed E-state index contributed by atoms with van der Waals surface area (Å²) in [7, 11) is 1.64. The number of thiocarbonyl (C=S) groups is 1. The Balaban J connectivity index is 2.35. The number of anilines is 1. The molecule has 0 saturated carbocycles. The molecule has 0 aliphatic heterocycles. The molecular formula is C18H22N2O2S. The number of benzene rings is 2. The lowest BCUT2D eigenvalue weighted by Crippen LogP contribution is -2.40. The van der Waals surface area contributed by atoms with Gasteiger partial charge < -0.3 is 20.1 Å². The lowest BCUT2D eigenvalue weighted by Gasteiger charge is -2.27. The minimum atomic E-state index is 0.255. The number of hydrogen-bond donors (Lipinski definition) is 2. The largest absolute Gasteiger partial charge is 0.508 e. The fourth-order valence-corrected chi connectivity index (χ4v) is 2.53. The summed E-state index contributed by atoms with van der Waals surface area (Å²) in [4.78, 5) is 1.94. The predicted octanol–water partition coefficient (Wildman–Crippen LogP) is 3.69. The minimum absolute atomic E-state index is 0.255. The van der Waals surface area contributed by atoms with Crippen LogP contribution in [0.4, 0.5) is 5.69 Å². The van der Waals surface area contributed by atoms with Crippen molar-refractivity contribution in [2.45, 2.75) is 19.9 Å². The van der Waals surface area contributed by atoms with Gasteiger partial charge in [-0.15, -0.1) is 0 Å². The van der Waals surface area contributed by atoms with E-state index in [4.69, 9.17) is 17.0 Å². The Bertz CT molecular complexity index is 661. The second kappa shape index (κ2) is 8.39. The molecule has 2 aromatic carbocycles. The molecule has 0 atom stereocenters. The second-order valence-electron chi connectivity index (χ2n) is 5.12. The summed E-state index contributed by atoms with van der Waals surface area (Å²) < 4.78 is 5.46. The van der Waals surface area contributed by atoms with E-state index in [1.165, 1.54) is 0 Å². The molecule has 0 aliphatic carbocycles. The van der Waals surface area contributed by atoms with Crippen LogP contribution in [0.3, 0.4) is 0 Å². The minimum Gasteiger partial charge on any atom is -0.508 e. The number of rotatable bonds is 6. The van der Waals surface area contributed by atoms with Crippen molar-refractivity contribution >= 4 is 23.0 Å². The van der Waals surface area contributed by atoms with Crippen LogP contribution in [0.2, 0.25) is 0 Å². The van der Waals surface area contributed by atoms with E-state index in [0.717, 1.165) is 30.0 Å². The van der Waals surface area contributed by atoms with Crippen LogP contribution in [-0.4, -0.2) is 23.9 Å². The van der Waals surface area contributed by atoms with Crippen molar-refractivity contribution in [1.82, 2.24) is 5.32 Å². The number of para-hydroxylation sites is 3. The molecule has 122 valence electrons. The van der Waals surface area contributed by atoms with Gasteiger partial charge in [-0.1, -0.05) is 37.3 Å². The van der Waals surface area contributed by atoms with Crippen LogP contribution in [0.15, 0.2) is 48.5 Å². The molecule has 4 nitrogen and oxygen atoms in total. The van der Waals surface area contributed by atoms with Crippen molar-refractivity contribution in [2.24, 2.45) is 0 Å². The number of phenols is 1. The monoisotopic (exact) mass is 330 g/mol. The van der Waals surface area contributed by atoms with E-state index >= 15 is 0 Å². The molecule has 2 rings (SSSR count). The van der Waals surface area contributed by atoms with Crippen LogP contribution in [0, 0.1) is 0 Å². The Morgan fingerprint density at radius 2 is 1.87 bits per heavy atom. The highest BCUT2D eigenvalue weighted by molar-refractivity contribution is 7.80. The molecule has 0 unspecified atom stereocenters. The standard InChI is InChI=1S/C18H22N2O2S/c1-3-12-19-18(23)20(13-14-8-4-6-10-16(14)21)15-9-5-7-11-17(15)22-2/h4-11,21H,3,12-13H2,1-2H3,(H,19,23). The van der Waals surface area contributed by atoms with E-state index in [1.807, 2.05) is 41.3 Å². The van der Waals surface area contributed by atoms with Crippen LogP contribution < -0.4 is 15.0 Å². The Hall–Kier alpha value is -2.27. The third-order valence-corrected chi connectivity index (χ3v) is 3.83. The SMILES string of the molecule is CCCNC(=S)N(Cc1ccccc1O)c1ccccc1OC. The average Bonchev–Trinajstić information content (AvgIpc) is 2.59. The number of aromatic hydroxyl groups is 1. The lowest BCUT2D eigenvalue weighted by atomic mass is 10.1. The third-order valence-electron chi connectivity index (χ3n) is 3.47. The fraction of sp³-hybridized carbons (Fsp3) is 0.278. The van der Waals surface area contributed by atoms with Gasteiger partial charge in [0.1, 0.15) is 11.5 Å². The number of ether oxygens (including phenoxy) is 1. The first-order valence-electron chi connectivity index (χ1n) is 7.62. The second-order valence-corrected chi connectivity index (χ2v) is 5.51. The van der Waals surface area contributed by atoms with E-state index in [-0.39, 0.29) is 5.75 Å². The zero-order valence-corrected chi connectivity index (χ0v) is 14.3. The van der Waals surface area contributed by atoms with Crippen molar-refractivity contribution in [3.8, 4) is 11.5 Å². The van der Waals surface area contributed by atoms with Gasteiger partial charge in [0.05, 0.1) is 19.3 Å². The highest BCUT2D eigenvalue weighted by atomic mass is 32.1. The van der Waals surface area contributed by atoms with Crippen molar-refractivity contribution in [3.05, 3.63) is 54.1 Å². The van der Waals surface area contributed by atoms with Gasteiger partial charge in [0.2, 0.25) is 0 Å². The van der Waals surface area contributed by atoms with E-state index in [2.05, 4.69) is 12.2 Å². The third kappa shape index (κ3) is 4.36. The Labute approximate surface area is 142 Å². The molecule has 23 heavy (non-hydrogen) atoms. The zero-order valence-electron chi connectivity index (χ0n) is 13.5. The van der Waals surface area contributed by atoms with E-state index in [1.54, 1.807) is 19.2 Å². The molecule has 0 fully saturated rings. The molecular weight excluding hydrogens is 308 g/mol. The molecule has 0 amide bonds. The van der Waals surface area contributed by atoms with E-state index < -0.39 is 0 Å². The maximum absolute atomic E-state index is 10.1. The van der Waals surface area contributed by atoms with Crippen LogP contribution in [0.5, 0.6) is 11.5 Å². The van der Waals surface area contributed by atoms with Gasteiger partial charge in [-0.25, -0.2) is 0 Å². The first kappa shape index (κ1) is 17.1. The maximum Gasteiger partial charge on any atom is 0.173 e. The number of methoxy groups -OCH3 is 1. The van der Waals surface area contributed by atoms with Crippen LogP contribution in [0.1, 0.15) is 18.9 Å². The fourth-order valence-electron chi connectivity index (χ4n) is 2.26. The quantitative estimate of drug-likeness (QED) is 0.791. The average molecular weight is 330 g/mol. The molecule has 0 aliphatic rings. The van der Waals surface area contributed by atoms with Gasteiger partial charge in [0, 0.05) is 12.1 Å². The first-order chi connectivity index (χ1) is 11.2. The van der Waals surface area contributed by atoms with Crippen molar-refractivity contribution in [1.29, 1.82) is 0 Å². The van der Waals surface area contributed by atoms with Gasteiger partial charge >= 0.3 is 0 Å². The molecule has 0 saturated heterocycles. The van der Waals surface area contributed by atoms with Crippen LogP contribution in [0.25, 0.3) is 0 Å². The number of nitrogens with zero attached hydrogens (tertiary/aromatic N) is 1. The van der Waals surface area contributed by atoms with Crippen molar-refractivity contribution in [3.63, 3.8) is 0 Å². The summed E-state index contributed by atoms with van der Waals surface area (Å²) >= 11 is 5.55. The smallest absolute Gasteiger partial charge is 0.173 e. The molecule has 0 heterocycles. The van der Waals surface area contributed by atoms with Gasteiger partial charge in [0.15, 0.2) is 5.11 Å². The predicted molar refractivity (Wildman–Crippen MR) is 98.2 cm³/mol. The molecule has 2 aromatic rings. The maximum atomic E-state index is 10.1. The number of hydrogen-bond acceptors (Lipinski definition) is 3. The summed E-state index contributed by atoms with van der Waals surface area (Å²) in [5, 5.41) is 13.9. The number of phenolic OH excluding ortho intramolecular Hbond substituents is 1. The molecule has 2 N–H and O–H groups in total. The van der Waals surface area contributed by atoms with Crippen molar-refractivity contribution < 1.29 is 9.84 Å². The zero-order chi connectivity index (χ0) is 16.7. The Morgan fingerprint density at radius 1 is 1.17 bits per heavy atom.